The number of benzene rings is 1. The van der Waals surface area contributed by atoms with E-state index >= 15 is 0 Å². The lowest BCUT2D eigenvalue weighted by Crippen LogP contribution is -2.13. The zero-order valence-corrected chi connectivity index (χ0v) is 11.5. The zero-order valence-electron chi connectivity index (χ0n) is 9.91. The minimum Gasteiger partial charge on any atom is -0.318 e. The van der Waals surface area contributed by atoms with Crippen LogP contribution >= 0.6 is 15.9 Å². The number of nitrogens with one attached hydrogen (secondary N) is 2. The van der Waals surface area contributed by atoms with Crippen molar-refractivity contribution in [3.05, 3.63) is 45.9 Å². The van der Waals surface area contributed by atoms with Crippen molar-refractivity contribution in [1.82, 2.24) is 10.2 Å². The molecule has 1 fully saturated rings. The number of aromatic amines is 1. The second-order valence-corrected chi connectivity index (χ2v) is 5.48. The maximum absolute atomic E-state index is 13.5. The maximum atomic E-state index is 13.5. The average molecular weight is 324 g/mol. The van der Waals surface area contributed by atoms with Crippen LogP contribution < -0.4 is 5.32 Å². The molecule has 0 saturated heterocycles. The number of hydrogen-bond acceptors (Lipinski definition) is 2. The molecule has 1 aromatic heterocycles. The first-order valence-corrected chi connectivity index (χ1v) is 6.74. The summed E-state index contributed by atoms with van der Waals surface area (Å²) in [5.41, 5.74) is 1.39. The molecule has 0 spiro atoms. The molecule has 1 aromatic carbocycles. The Bertz CT molecular complexity index is 637. The lowest BCUT2D eigenvalue weighted by atomic mass is 10.2. The molecule has 0 unspecified atom stereocenters. The van der Waals surface area contributed by atoms with Crippen molar-refractivity contribution in [2.24, 2.45) is 0 Å². The monoisotopic (exact) mass is 323 g/mol. The Kier molecular flexibility index (Phi) is 3.10. The van der Waals surface area contributed by atoms with Crippen LogP contribution in [0.15, 0.2) is 28.7 Å². The van der Waals surface area contributed by atoms with Crippen LogP contribution in [0, 0.1) is 5.82 Å². The Balaban J connectivity index is 1.77. The van der Waals surface area contributed by atoms with Crippen LogP contribution in [0.3, 0.4) is 0 Å². The molecule has 4 nitrogen and oxygen atoms in total. The molecule has 0 radical (unpaired) electrons. The van der Waals surface area contributed by atoms with Gasteiger partial charge >= 0.3 is 0 Å². The molecule has 0 bridgehead atoms. The highest BCUT2D eigenvalue weighted by molar-refractivity contribution is 9.10. The van der Waals surface area contributed by atoms with Crippen LogP contribution in [0.1, 0.15) is 34.9 Å². The third-order valence-electron chi connectivity index (χ3n) is 3.02. The third-order valence-corrected chi connectivity index (χ3v) is 3.52. The minimum atomic E-state index is -0.477. The number of carbonyl (C=O) groups is 1. The molecular weight excluding hydrogens is 313 g/mol. The Morgan fingerprint density at radius 3 is 2.95 bits per heavy atom. The Morgan fingerprint density at radius 1 is 1.42 bits per heavy atom. The van der Waals surface area contributed by atoms with Gasteiger partial charge in [-0.15, -0.1) is 0 Å². The number of rotatable bonds is 3. The van der Waals surface area contributed by atoms with E-state index in [0.29, 0.717) is 10.4 Å². The van der Waals surface area contributed by atoms with Gasteiger partial charge in [0.05, 0.1) is 5.69 Å². The van der Waals surface area contributed by atoms with E-state index in [4.69, 9.17) is 0 Å². The molecule has 1 saturated carbocycles. The largest absolute Gasteiger partial charge is 0.318 e. The maximum Gasteiger partial charge on any atom is 0.276 e. The summed E-state index contributed by atoms with van der Waals surface area (Å²) in [5.74, 6) is -0.397. The lowest BCUT2D eigenvalue weighted by Gasteiger charge is -2.04. The number of amides is 1. The van der Waals surface area contributed by atoms with Gasteiger partial charge in [0.15, 0.2) is 5.69 Å². The van der Waals surface area contributed by atoms with Gasteiger partial charge in [0, 0.05) is 16.1 Å². The van der Waals surface area contributed by atoms with E-state index in [-0.39, 0.29) is 11.4 Å². The number of nitrogens with zero attached hydrogens (tertiary/aromatic N) is 1. The first-order valence-electron chi connectivity index (χ1n) is 5.95. The summed E-state index contributed by atoms with van der Waals surface area (Å²) < 4.78 is 14.2. The molecule has 19 heavy (non-hydrogen) atoms. The molecule has 1 aliphatic carbocycles. The average Bonchev–Trinajstić information content (AvgIpc) is 3.11. The highest BCUT2D eigenvalue weighted by atomic mass is 79.9. The van der Waals surface area contributed by atoms with Gasteiger partial charge in [0.1, 0.15) is 5.82 Å². The first-order chi connectivity index (χ1) is 9.13. The Labute approximate surface area is 117 Å². The number of H-pyrrole nitrogens is 1. The van der Waals surface area contributed by atoms with Gasteiger partial charge in [0.25, 0.3) is 5.91 Å². The molecule has 0 atom stereocenters. The van der Waals surface area contributed by atoms with Crippen molar-refractivity contribution in [3.63, 3.8) is 0 Å². The van der Waals surface area contributed by atoms with Crippen LogP contribution in [0.2, 0.25) is 0 Å². The summed E-state index contributed by atoms with van der Waals surface area (Å²) in [7, 11) is 0. The summed E-state index contributed by atoms with van der Waals surface area (Å²) in [5, 5.41) is 9.31. The molecule has 0 aliphatic heterocycles. The summed E-state index contributed by atoms with van der Waals surface area (Å²) in [6, 6.07) is 6.11. The Hall–Kier alpha value is -1.69. The van der Waals surface area contributed by atoms with Crippen LogP contribution in [0.5, 0.6) is 0 Å². The van der Waals surface area contributed by atoms with Crippen molar-refractivity contribution < 1.29 is 9.18 Å². The molecule has 6 heteroatoms. The van der Waals surface area contributed by atoms with E-state index in [2.05, 4.69) is 31.4 Å². The number of carbonyl (C=O) groups excluding carboxylic acids is 1. The van der Waals surface area contributed by atoms with Gasteiger partial charge < -0.3 is 5.32 Å². The number of aromatic nitrogens is 2. The predicted octanol–water partition coefficient (Wildman–Crippen LogP) is 3.44. The summed E-state index contributed by atoms with van der Waals surface area (Å²) >= 11 is 3.23. The molecule has 2 N–H and O–H groups in total. The van der Waals surface area contributed by atoms with E-state index in [1.165, 1.54) is 12.1 Å². The highest BCUT2D eigenvalue weighted by Crippen LogP contribution is 2.39. The normalized spacial score (nSPS) is 14.4. The number of hydrogen-bond donors (Lipinski definition) is 2. The number of halogens is 2. The van der Waals surface area contributed by atoms with E-state index < -0.39 is 11.7 Å². The van der Waals surface area contributed by atoms with Crippen LogP contribution in [-0.4, -0.2) is 16.1 Å². The quantitative estimate of drug-likeness (QED) is 0.909. The highest BCUT2D eigenvalue weighted by Gasteiger charge is 2.26. The van der Waals surface area contributed by atoms with Gasteiger partial charge in [-0.2, -0.15) is 5.10 Å². The zero-order chi connectivity index (χ0) is 13.4. The molecular formula is C13H11BrFN3O. The van der Waals surface area contributed by atoms with Gasteiger partial charge in [-0.05, 0) is 37.1 Å². The van der Waals surface area contributed by atoms with Gasteiger partial charge in [-0.25, -0.2) is 4.39 Å². The first kappa shape index (κ1) is 12.3. The fourth-order valence-electron chi connectivity index (χ4n) is 1.84. The van der Waals surface area contributed by atoms with Gasteiger partial charge in [0.2, 0.25) is 0 Å². The fraction of sp³-hybridized carbons (Fsp3) is 0.231. The lowest BCUT2D eigenvalue weighted by molar-refractivity contribution is 0.102. The van der Waals surface area contributed by atoms with Crippen molar-refractivity contribution in [2.75, 3.05) is 5.32 Å². The van der Waals surface area contributed by atoms with Gasteiger partial charge in [-0.1, -0.05) is 15.9 Å². The third kappa shape index (κ3) is 2.68. The SMILES string of the molecule is O=C(Nc1cc(Br)ccc1F)c1cc(C2CC2)[nH]n1. The second-order valence-electron chi connectivity index (χ2n) is 4.56. The smallest absolute Gasteiger partial charge is 0.276 e. The van der Waals surface area contributed by atoms with Crippen molar-refractivity contribution in [2.45, 2.75) is 18.8 Å². The van der Waals surface area contributed by atoms with Crippen LogP contribution in [-0.2, 0) is 0 Å². The predicted molar refractivity (Wildman–Crippen MR) is 72.6 cm³/mol. The topological polar surface area (TPSA) is 57.8 Å². The van der Waals surface area contributed by atoms with Gasteiger partial charge in [-0.3, -0.25) is 9.89 Å². The summed E-state index contributed by atoms with van der Waals surface area (Å²) in [4.78, 5) is 12.0. The van der Waals surface area contributed by atoms with E-state index in [1.54, 1.807) is 12.1 Å². The standard InChI is InChI=1S/C13H11BrFN3O/c14-8-3-4-9(15)11(5-8)16-13(19)12-6-10(17-18-12)7-1-2-7/h3-7H,1-2H2,(H,16,19)(H,17,18). The van der Waals surface area contributed by atoms with E-state index in [1.807, 2.05) is 0 Å². The van der Waals surface area contributed by atoms with Crippen LogP contribution in [0.25, 0.3) is 0 Å². The fourth-order valence-corrected chi connectivity index (χ4v) is 2.20. The van der Waals surface area contributed by atoms with Crippen molar-refractivity contribution in [1.29, 1.82) is 0 Å². The molecule has 1 heterocycles. The van der Waals surface area contributed by atoms with Crippen LogP contribution in [0.4, 0.5) is 10.1 Å². The molecule has 2 aromatic rings. The molecule has 1 aliphatic rings. The summed E-state index contributed by atoms with van der Waals surface area (Å²) in [6.45, 7) is 0. The number of anilines is 1. The summed E-state index contributed by atoms with van der Waals surface area (Å²) in [6.07, 6.45) is 2.26. The Morgan fingerprint density at radius 2 is 2.21 bits per heavy atom. The second kappa shape index (κ2) is 4.77. The molecule has 1 amide bonds. The van der Waals surface area contributed by atoms with Crippen molar-refractivity contribution in [3.8, 4) is 0 Å². The molecule has 98 valence electrons. The minimum absolute atomic E-state index is 0.135. The van der Waals surface area contributed by atoms with Crippen molar-refractivity contribution >= 4 is 27.5 Å². The van der Waals surface area contributed by atoms with E-state index in [9.17, 15) is 9.18 Å². The molecule has 3 rings (SSSR count). The van der Waals surface area contributed by atoms with E-state index in [0.717, 1.165) is 18.5 Å².